The number of rotatable bonds is 12. The molecule has 1 aliphatic carbocycles. The Balaban J connectivity index is 1.94. The molecule has 0 amide bonds. The lowest BCUT2D eigenvalue weighted by Gasteiger charge is -2.45. The second-order valence-corrected chi connectivity index (χ2v) is 13.5. The molecule has 1 saturated carbocycles. The maximum atomic E-state index is 15.4. The minimum atomic E-state index is -0.508. The van der Waals surface area contributed by atoms with Crippen LogP contribution in [0.3, 0.4) is 0 Å². The smallest absolute Gasteiger partial charge is 0.141 e. The van der Waals surface area contributed by atoms with Crippen LogP contribution in [0.15, 0.2) is 91.0 Å². The summed E-state index contributed by atoms with van der Waals surface area (Å²) in [5.41, 5.74) is 2.99. The fourth-order valence-electron chi connectivity index (χ4n) is 7.43. The van der Waals surface area contributed by atoms with E-state index in [1.807, 2.05) is 66.7 Å². The van der Waals surface area contributed by atoms with Crippen LogP contribution in [0.25, 0.3) is 0 Å². The Morgan fingerprint density at radius 3 is 1.74 bits per heavy atom. The van der Waals surface area contributed by atoms with E-state index in [0.29, 0.717) is 19.3 Å². The molecule has 3 aromatic rings. The average molecular weight is 565 g/mol. The highest BCUT2D eigenvalue weighted by Crippen LogP contribution is 2.52. The van der Waals surface area contributed by atoms with Gasteiger partial charge >= 0.3 is 0 Å². The van der Waals surface area contributed by atoms with E-state index in [0.717, 1.165) is 16.7 Å². The Morgan fingerprint density at radius 1 is 0.714 bits per heavy atom. The third-order valence-corrected chi connectivity index (χ3v) is 9.07. The summed E-state index contributed by atoms with van der Waals surface area (Å²) in [7, 11) is 0. The van der Waals surface area contributed by atoms with Crippen LogP contribution in [0.5, 0.6) is 0 Å². The quantitative estimate of drug-likeness (QED) is 0.220. The van der Waals surface area contributed by atoms with Gasteiger partial charge in [0.1, 0.15) is 17.3 Å². The molecule has 0 radical (unpaired) electrons. The number of carbonyl (C=O) groups excluding carboxylic acids is 3. The summed E-state index contributed by atoms with van der Waals surface area (Å²) in [4.78, 5) is 43.4. The number of hydrogen-bond donors (Lipinski definition) is 0. The van der Waals surface area contributed by atoms with Crippen molar-refractivity contribution in [1.82, 2.24) is 0 Å². The van der Waals surface area contributed by atoms with Gasteiger partial charge in [0.2, 0.25) is 0 Å². The van der Waals surface area contributed by atoms with E-state index in [2.05, 4.69) is 65.8 Å². The van der Waals surface area contributed by atoms with E-state index in [1.165, 1.54) is 0 Å². The van der Waals surface area contributed by atoms with E-state index in [9.17, 15) is 9.59 Å². The molecule has 0 spiro atoms. The zero-order valence-corrected chi connectivity index (χ0v) is 26.2. The molecular formula is C39H48O3. The van der Waals surface area contributed by atoms with Crippen molar-refractivity contribution in [1.29, 1.82) is 0 Å². The first-order chi connectivity index (χ1) is 20.1. The first kappa shape index (κ1) is 31.6. The fraction of sp³-hybridized carbons (Fsp3) is 0.462. The molecule has 0 unspecified atom stereocenters. The molecule has 4 rings (SSSR count). The van der Waals surface area contributed by atoms with Crippen molar-refractivity contribution < 1.29 is 14.4 Å². The number of benzene rings is 3. The molecular weight excluding hydrogens is 516 g/mol. The molecule has 0 N–H and O–H groups in total. The van der Waals surface area contributed by atoms with Gasteiger partial charge in [-0.2, -0.15) is 0 Å². The van der Waals surface area contributed by atoms with Gasteiger partial charge in [0.05, 0.1) is 5.92 Å². The zero-order chi connectivity index (χ0) is 30.4. The SMILES string of the molecule is CC(C)CC(=O)[C@@H](c1ccccc1)[C@@H](CC(C)C)C(=O)[C@H]1[C@@H](c2ccccc2)[C@@H](C(C)C)C(=O)C[C@H]1c1ccccc1. The van der Waals surface area contributed by atoms with Crippen LogP contribution in [0.2, 0.25) is 0 Å². The molecule has 42 heavy (non-hydrogen) atoms. The summed E-state index contributed by atoms with van der Waals surface area (Å²) in [5, 5.41) is 0. The first-order valence-electron chi connectivity index (χ1n) is 15.8. The summed E-state index contributed by atoms with van der Waals surface area (Å²) in [6, 6.07) is 30.2. The largest absolute Gasteiger partial charge is 0.299 e. The van der Waals surface area contributed by atoms with Crippen LogP contribution >= 0.6 is 0 Å². The Morgan fingerprint density at radius 2 is 1.24 bits per heavy atom. The van der Waals surface area contributed by atoms with E-state index in [4.69, 9.17) is 0 Å². The van der Waals surface area contributed by atoms with Crippen molar-refractivity contribution in [2.75, 3.05) is 0 Å². The lowest BCUT2D eigenvalue weighted by atomic mass is 9.56. The highest BCUT2D eigenvalue weighted by Gasteiger charge is 2.52. The van der Waals surface area contributed by atoms with E-state index < -0.39 is 17.8 Å². The fourth-order valence-corrected chi connectivity index (χ4v) is 7.43. The Kier molecular flexibility index (Phi) is 10.7. The van der Waals surface area contributed by atoms with Gasteiger partial charge in [-0.15, -0.1) is 0 Å². The molecule has 0 heterocycles. The van der Waals surface area contributed by atoms with Gasteiger partial charge in [-0.1, -0.05) is 133 Å². The number of carbonyl (C=O) groups is 3. The molecule has 1 aliphatic rings. The second-order valence-electron chi connectivity index (χ2n) is 13.5. The average Bonchev–Trinajstić information content (AvgIpc) is 2.96. The Bertz CT molecular complexity index is 1310. The number of hydrogen-bond acceptors (Lipinski definition) is 3. The highest BCUT2D eigenvalue weighted by atomic mass is 16.1. The highest BCUT2D eigenvalue weighted by molar-refractivity contribution is 5.97. The van der Waals surface area contributed by atoms with Gasteiger partial charge in [-0.3, -0.25) is 14.4 Å². The topological polar surface area (TPSA) is 51.2 Å². The van der Waals surface area contributed by atoms with Gasteiger partial charge in [0, 0.05) is 42.4 Å². The molecule has 3 nitrogen and oxygen atoms in total. The zero-order valence-electron chi connectivity index (χ0n) is 26.2. The van der Waals surface area contributed by atoms with Crippen molar-refractivity contribution in [3.8, 4) is 0 Å². The van der Waals surface area contributed by atoms with Crippen LogP contribution in [0.4, 0.5) is 0 Å². The third kappa shape index (κ3) is 7.17. The third-order valence-electron chi connectivity index (χ3n) is 9.07. The van der Waals surface area contributed by atoms with Crippen LogP contribution < -0.4 is 0 Å². The van der Waals surface area contributed by atoms with E-state index in [-0.39, 0.29) is 52.9 Å². The van der Waals surface area contributed by atoms with Crippen LogP contribution in [0, 0.1) is 35.5 Å². The summed E-state index contributed by atoms with van der Waals surface area (Å²) in [6.07, 6.45) is 1.41. The van der Waals surface area contributed by atoms with Crippen LogP contribution in [-0.2, 0) is 14.4 Å². The molecule has 0 aliphatic heterocycles. The van der Waals surface area contributed by atoms with Crippen molar-refractivity contribution in [2.24, 2.45) is 35.5 Å². The minimum absolute atomic E-state index is 0.0887. The Labute approximate surface area is 253 Å². The maximum absolute atomic E-state index is 15.4. The standard InChI is InChI=1S/C39H48O3/c1-25(2)22-32(36(33(40)23-26(3)4)29-18-12-8-13-19-29)39(42)38-31(28-16-10-7-11-17-28)24-34(41)35(27(5)6)37(38)30-20-14-9-15-21-30/h7-21,25-27,31-32,35-38H,22-24H2,1-6H3/t31-,32+,35-,36-,37-,38+/m0/s1. The molecule has 0 aromatic heterocycles. The van der Waals surface area contributed by atoms with Crippen molar-refractivity contribution in [2.45, 2.75) is 78.6 Å². The molecule has 3 heteroatoms. The summed E-state index contributed by atoms with van der Waals surface area (Å²) < 4.78 is 0. The van der Waals surface area contributed by atoms with Gasteiger partial charge in [-0.25, -0.2) is 0 Å². The molecule has 222 valence electrons. The molecule has 6 atom stereocenters. The second kappa shape index (κ2) is 14.2. The van der Waals surface area contributed by atoms with Crippen molar-refractivity contribution in [3.63, 3.8) is 0 Å². The van der Waals surface area contributed by atoms with Crippen molar-refractivity contribution in [3.05, 3.63) is 108 Å². The normalized spacial score (nSPS) is 22.4. The van der Waals surface area contributed by atoms with Crippen LogP contribution in [-0.4, -0.2) is 17.3 Å². The monoisotopic (exact) mass is 564 g/mol. The van der Waals surface area contributed by atoms with E-state index in [1.54, 1.807) is 0 Å². The lowest BCUT2D eigenvalue weighted by Crippen LogP contribution is -2.47. The number of Topliss-reactive ketones (excluding diaryl/α,β-unsaturated/α-hetero) is 3. The van der Waals surface area contributed by atoms with Gasteiger partial charge in [0.15, 0.2) is 0 Å². The van der Waals surface area contributed by atoms with Gasteiger partial charge < -0.3 is 0 Å². The predicted molar refractivity (Wildman–Crippen MR) is 171 cm³/mol. The van der Waals surface area contributed by atoms with Gasteiger partial charge in [0.25, 0.3) is 0 Å². The molecule has 0 bridgehead atoms. The summed E-state index contributed by atoms with van der Waals surface area (Å²) in [5.74, 6) is -1.13. The van der Waals surface area contributed by atoms with Crippen LogP contribution in [0.1, 0.15) is 95.2 Å². The lowest BCUT2D eigenvalue weighted by molar-refractivity contribution is -0.139. The Hall–Kier alpha value is -3.33. The van der Waals surface area contributed by atoms with Gasteiger partial charge in [-0.05, 0) is 40.9 Å². The predicted octanol–water partition coefficient (Wildman–Crippen LogP) is 9.05. The molecule has 0 saturated heterocycles. The summed E-state index contributed by atoms with van der Waals surface area (Å²) >= 11 is 0. The van der Waals surface area contributed by atoms with Crippen molar-refractivity contribution >= 4 is 17.3 Å². The maximum Gasteiger partial charge on any atom is 0.141 e. The summed E-state index contributed by atoms with van der Waals surface area (Å²) in [6.45, 7) is 12.6. The first-order valence-corrected chi connectivity index (χ1v) is 15.8. The minimum Gasteiger partial charge on any atom is -0.299 e. The number of ketones is 3. The molecule has 1 fully saturated rings. The molecule has 3 aromatic carbocycles. The van der Waals surface area contributed by atoms with E-state index >= 15 is 4.79 Å².